The van der Waals surface area contributed by atoms with Crippen molar-refractivity contribution in [1.82, 2.24) is 43.8 Å². The van der Waals surface area contributed by atoms with Gasteiger partial charge in [0.05, 0.1) is 23.9 Å². The maximum absolute atomic E-state index is 13.3. The van der Waals surface area contributed by atoms with Crippen molar-refractivity contribution in [3.05, 3.63) is 89.4 Å². The summed E-state index contributed by atoms with van der Waals surface area (Å²) in [5, 5.41) is 9.92. The van der Waals surface area contributed by atoms with E-state index in [4.69, 9.17) is 16.2 Å². The minimum Gasteiger partial charge on any atom is -0.494 e. The van der Waals surface area contributed by atoms with Crippen molar-refractivity contribution in [2.24, 2.45) is 11.5 Å². The summed E-state index contributed by atoms with van der Waals surface area (Å²) in [5.41, 5.74) is 13.9. The van der Waals surface area contributed by atoms with E-state index in [0.717, 1.165) is 0 Å². The Kier molecular flexibility index (Phi) is 8.98. The molecule has 0 saturated heterocycles. The first-order valence-electron chi connectivity index (χ1n) is 15.2. The monoisotopic (exact) mass is 677 g/mol. The van der Waals surface area contributed by atoms with Crippen molar-refractivity contribution in [3.63, 3.8) is 0 Å². The standard InChI is InChI=1S/C32H31N13O5/c1-4-45-22(12-17(2)42-45)29(48)40-32-39-21-14-19(26(34)47)16-37-28(21)44(32)11-6-5-10-43-24-20(13-18(25(33)46)15-23(24)50-3)38-31(43)41-30(49)27-35-8-7-9-36-27/h5-9,12-16H,4,10-11H2,1-3H3,(H2,33,46)(H2,34,47)(H,38,41,49)(H,39,40,48). The number of nitrogens with zero attached hydrogens (tertiary/aromatic N) is 9. The number of amides is 4. The van der Waals surface area contributed by atoms with Crippen molar-refractivity contribution in [2.75, 3.05) is 17.7 Å². The summed E-state index contributed by atoms with van der Waals surface area (Å²) in [7, 11) is 1.44. The van der Waals surface area contributed by atoms with Crippen LogP contribution in [0, 0.1) is 6.92 Å². The molecule has 0 aliphatic heterocycles. The van der Waals surface area contributed by atoms with E-state index in [1.165, 1.54) is 43.9 Å². The van der Waals surface area contributed by atoms with Gasteiger partial charge in [0.1, 0.15) is 22.5 Å². The number of aryl methyl sites for hydroxylation is 2. The summed E-state index contributed by atoms with van der Waals surface area (Å²) in [5.74, 6) is -1.85. The fourth-order valence-electron chi connectivity index (χ4n) is 5.28. The third-order valence-corrected chi connectivity index (χ3v) is 7.58. The Labute approximate surface area is 283 Å². The van der Waals surface area contributed by atoms with Crippen LogP contribution in [-0.4, -0.2) is 74.6 Å². The fraction of sp³-hybridized carbons (Fsp3) is 0.188. The van der Waals surface area contributed by atoms with E-state index < -0.39 is 23.6 Å². The highest BCUT2D eigenvalue weighted by molar-refractivity contribution is 6.04. The van der Waals surface area contributed by atoms with Crippen LogP contribution in [-0.2, 0) is 19.6 Å². The van der Waals surface area contributed by atoms with Crippen LogP contribution in [0.25, 0.3) is 22.2 Å². The number of benzene rings is 1. The van der Waals surface area contributed by atoms with Gasteiger partial charge in [-0.1, -0.05) is 12.2 Å². The first-order chi connectivity index (χ1) is 24.1. The molecule has 5 aromatic heterocycles. The lowest BCUT2D eigenvalue weighted by Gasteiger charge is -2.11. The van der Waals surface area contributed by atoms with Crippen LogP contribution < -0.4 is 26.8 Å². The number of anilines is 2. The molecule has 0 saturated carbocycles. The number of nitrogens with two attached hydrogens (primary N) is 2. The number of methoxy groups -OCH3 is 1. The van der Waals surface area contributed by atoms with E-state index >= 15 is 0 Å². The topological polar surface area (TPSA) is 246 Å². The van der Waals surface area contributed by atoms with E-state index in [1.54, 1.807) is 45.0 Å². The van der Waals surface area contributed by atoms with Crippen molar-refractivity contribution in [3.8, 4) is 5.75 Å². The molecule has 18 nitrogen and oxygen atoms in total. The molecule has 4 amide bonds. The third-order valence-electron chi connectivity index (χ3n) is 7.58. The zero-order chi connectivity index (χ0) is 35.5. The summed E-state index contributed by atoms with van der Waals surface area (Å²) in [6.45, 7) is 4.49. The van der Waals surface area contributed by atoms with E-state index in [-0.39, 0.29) is 41.9 Å². The number of allylic oxidation sites excluding steroid dienone is 2. The molecule has 0 radical (unpaired) electrons. The molecular formula is C32H31N13O5. The predicted octanol–water partition coefficient (Wildman–Crippen LogP) is 2.06. The summed E-state index contributed by atoms with van der Waals surface area (Å²) in [6, 6.07) is 7.74. The molecule has 0 spiro atoms. The minimum absolute atomic E-state index is 0.0721. The van der Waals surface area contributed by atoms with Gasteiger partial charge < -0.3 is 20.8 Å². The summed E-state index contributed by atoms with van der Waals surface area (Å²) >= 11 is 0. The molecule has 0 aliphatic carbocycles. The van der Waals surface area contributed by atoms with Gasteiger partial charge in [-0.15, -0.1) is 0 Å². The minimum atomic E-state index is -0.677. The highest BCUT2D eigenvalue weighted by Gasteiger charge is 2.21. The van der Waals surface area contributed by atoms with Crippen LogP contribution in [0.4, 0.5) is 11.9 Å². The Balaban J connectivity index is 1.35. The van der Waals surface area contributed by atoms with Gasteiger partial charge in [-0.05, 0) is 44.2 Å². The summed E-state index contributed by atoms with van der Waals surface area (Å²) in [4.78, 5) is 71.7. The Morgan fingerprint density at radius 2 is 1.48 bits per heavy atom. The molecule has 6 N–H and O–H groups in total. The SMILES string of the molecule is CCn1nc(C)cc1C(=O)Nc1nc2cc(C(N)=O)cnc2n1CC=CCn1c(NC(=O)c2ncccn2)nc2cc(C(N)=O)cc(OC)c21. The number of imidazole rings is 2. The average Bonchev–Trinajstić information content (AvgIpc) is 3.78. The number of carbonyl (C=O) groups is 4. The maximum atomic E-state index is 13.3. The first-order valence-corrected chi connectivity index (χ1v) is 15.2. The largest absolute Gasteiger partial charge is 0.494 e. The van der Waals surface area contributed by atoms with E-state index in [2.05, 4.69) is 40.7 Å². The molecule has 5 heterocycles. The van der Waals surface area contributed by atoms with Crippen molar-refractivity contribution < 1.29 is 23.9 Å². The van der Waals surface area contributed by atoms with Crippen LogP contribution in [0.2, 0.25) is 0 Å². The number of aromatic nitrogens is 9. The molecule has 254 valence electrons. The molecule has 0 atom stereocenters. The van der Waals surface area contributed by atoms with Gasteiger partial charge >= 0.3 is 0 Å². The molecule has 0 fully saturated rings. The summed E-state index contributed by atoms with van der Waals surface area (Å²) < 4.78 is 10.5. The normalized spacial score (nSPS) is 11.3. The molecule has 6 rings (SSSR count). The van der Waals surface area contributed by atoms with Crippen LogP contribution in [0.1, 0.15) is 54.4 Å². The Morgan fingerprint density at radius 1 is 0.840 bits per heavy atom. The number of ether oxygens (including phenoxy) is 1. The molecule has 0 unspecified atom stereocenters. The lowest BCUT2D eigenvalue weighted by molar-refractivity contribution is 0.0991. The van der Waals surface area contributed by atoms with Gasteiger partial charge in [0.15, 0.2) is 5.65 Å². The number of pyridine rings is 1. The molecule has 1 aromatic carbocycles. The second-order valence-corrected chi connectivity index (χ2v) is 10.9. The molecule has 18 heteroatoms. The molecule has 50 heavy (non-hydrogen) atoms. The zero-order valence-corrected chi connectivity index (χ0v) is 27.1. The molecular weight excluding hydrogens is 646 g/mol. The Hall–Kier alpha value is -6.98. The maximum Gasteiger partial charge on any atom is 0.295 e. The first kappa shape index (κ1) is 32.9. The summed E-state index contributed by atoms with van der Waals surface area (Å²) in [6.07, 6.45) is 7.80. The number of primary amides is 2. The molecule has 6 aromatic rings. The number of carbonyl (C=O) groups excluding carboxylic acids is 4. The number of hydrogen-bond donors (Lipinski definition) is 4. The van der Waals surface area contributed by atoms with Crippen molar-refractivity contribution >= 4 is 57.7 Å². The Morgan fingerprint density at radius 3 is 2.16 bits per heavy atom. The number of hydrogen-bond acceptors (Lipinski definition) is 11. The number of rotatable bonds is 12. The van der Waals surface area contributed by atoms with Gasteiger partial charge in [0.2, 0.25) is 29.5 Å². The second kappa shape index (κ2) is 13.6. The quantitative estimate of drug-likeness (QED) is 0.137. The van der Waals surface area contributed by atoms with E-state index in [9.17, 15) is 19.2 Å². The van der Waals surface area contributed by atoms with Crippen LogP contribution in [0.3, 0.4) is 0 Å². The fourth-order valence-corrected chi connectivity index (χ4v) is 5.28. The van der Waals surface area contributed by atoms with Gasteiger partial charge in [0.25, 0.3) is 11.8 Å². The molecule has 0 bridgehead atoms. The van der Waals surface area contributed by atoms with Crippen LogP contribution in [0.15, 0.2) is 61.1 Å². The van der Waals surface area contributed by atoms with Gasteiger partial charge in [-0.25, -0.2) is 24.9 Å². The van der Waals surface area contributed by atoms with Crippen molar-refractivity contribution in [2.45, 2.75) is 33.5 Å². The number of nitrogens with one attached hydrogen (secondary N) is 2. The lowest BCUT2D eigenvalue weighted by Crippen LogP contribution is -2.20. The highest BCUT2D eigenvalue weighted by atomic mass is 16.5. The Bertz CT molecular complexity index is 2320. The van der Waals surface area contributed by atoms with Gasteiger partial charge in [-0.3, -0.25) is 39.1 Å². The average molecular weight is 678 g/mol. The van der Waals surface area contributed by atoms with Gasteiger partial charge in [0, 0.05) is 43.8 Å². The van der Waals surface area contributed by atoms with E-state index in [1.807, 2.05) is 6.92 Å². The third kappa shape index (κ3) is 6.44. The van der Waals surface area contributed by atoms with E-state index in [0.29, 0.717) is 45.9 Å². The van der Waals surface area contributed by atoms with Crippen LogP contribution in [0.5, 0.6) is 5.75 Å². The molecule has 0 aliphatic rings. The zero-order valence-electron chi connectivity index (χ0n) is 27.1. The number of fused-ring (bicyclic) bond motifs is 2. The highest BCUT2D eigenvalue weighted by Crippen LogP contribution is 2.31. The lowest BCUT2D eigenvalue weighted by atomic mass is 10.1. The van der Waals surface area contributed by atoms with Gasteiger partial charge in [-0.2, -0.15) is 5.10 Å². The smallest absolute Gasteiger partial charge is 0.295 e. The second-order valence-electron chi connectivity index (χ2n) is 10.9. The van der Waals surface area contributed by atoms with Crippen LogP contribution >= 0.6 is 0 Å². The van der Waals surface area contributed by atoms with Crippen molar-refractivity contribution in [1.29, 1.82) is 0 Å². The predicted molar refractivity (Wildman–Crippen MR) is 181 cm³/mol.